The Morgan fingerprint density at radius 3 is 0.812 bits per heavy atom. The smallest absolute Gasteiger partial charge is 0.475 e. The summed E-state index contributed by atoms with van der Waals surface area (Å²) in [5.74, 6) is -5.51. The Labute approximate surface area is 85.5 Å². The highest BCUT2D eigenvalue weighted by Gasteiger charge is 2.38. The van der Waals surface area contributed by atoms with Crippen LogP contribution in [0, 0.1) is 0 Å². The van der Waals surface area contributed by atoms with E-state index in [4.69, 9.17) is 19.8 Å². The third-order valence-electron chi connectivity index (χ3n) is 0.485. The van der Waals surface area contributed by atoms with Crippen LogP contribution in [0.2, 0.25) is 0 Å². The minimum atomic E-state index is -5.08. The molecule has 0 fully saturated rings. The van der Waals surface area contributed by atoms with Crippen molar-refractivity contribution in [2.75, 3.05) is 0 Å². The lowest BCUT2D eigenvalue weighted by Crippen LogP contribution is -2.21. The lowest BCUT2D eigenvalue weighted by molar-refractivity contribution is -0.193. The largest absolute Gasteiger partial charge is 0.490 e. The Balaban J connectivity index is -0.000000183. The number of hydrogen-bond acceptors (Lipinski definition) is 2. The van der Waals surface area contributed by atoms with Gasteiger partial charge in [0.25, 0.3) is 0 Å². The molecule has 0 aliphatic heterocycles. The third kappa shape index (κ3) is 15.0. The van der Waals surface area contributed by atoms with Gasteiger partial charge in [-0.2, -0.15) is 26.3 Å². The van der Waals surface area contributed by atoms with Gasteiger partial charge in [0, 0.05) is 0 Å². The molecule has 0 aliphatic rings. The number of alkyl halides is 6. The van der Waals surface area contributed by atoms with Crippen molar-refractivity contribution in [1.29, 1.82) is 0 Å². The van der Waals surface area contributed by atoms with Crippen LogP contribution in [0.25, 0.3) is 0 Å². The van der Waals surface area contributed by atoms with Crippen LogP contribution in [0.3, 0.4) is 0 Å². The van der Waals surface area contributed by atoms with E-state index in [0.29, 0.717) is 0 Å². The van der Waals surface area contributed by atoms with Crippen LogP contribution in [-0.2, 0) is 9.59 Å². The first-order chi connectivity index (χ1) is 6.89. The van der Waals surface area contributed by atoms with Gasteiger partial charge in [-0.05, 0) is 0 Å². The van der Waals surface area contributed by atoms with Gasteiger partial charge in [0.1, 0.15) is 0 Å². The molecule has 0 bridgehead atoms. The zero-order chi connectivity index (χ0) is 14.2. The van der Waals surface area contributed by atoms with Gasteiger partial charge in [-0.3, -0.25) is 0 Å². The molecule has 0 aliphatic carbocycles. The molecule has 0 atom stereocenters. The van der Waals surface area contributed by atoms with Gasteiger partial charge in [-0.25, -0.2) is 9.59 Å². The lowest BCUT2D eigenvalue weighted by Gasteiger charge is -1.93. The fourth-order valence-corrected chi connectivity index (χ4v) is 0. The van der Waals surface area contributed by atoms with Crippen molar-refractivity contribution < 1.29 is 46.1 Å². The van der Waals surface area contributed by atoms with Crippen LogP contribution in [-0.4, -0.2) is 34.5 Å². The average Bonchev–Trinajstić information content (AvgIpc) is 2.05. The van der Waals surface area contributed by atoms with Crippen molar-refractivity contribution in [3.63, 3.8) is 0 Å². The third-order valence-corrected chi connectivity index (χ3v) is 0.485. The van der Waals surface area contributed by atoms with E-state index in [9.17, 15) is 26.3 Å². The number of rotatable bonds is 0. The second kappa shape index (κ2) is 7.77. The molecule has 10 heteroatoms. The molecule has 0 spiro atoms. The SMILES string of the molecule is CC.O=C(O)C(F)(F)F.O=C(O)C(F)(F)F. The highest BCUT2D eigenvalue weighted by Crippen LogP contribution is 2.13. The summed E-state index contributed by atoms with van der Waals surface area (Å²) in [4.78, 5) is 17.8. The normalized spacial score (nSPS) is 10.2. The van der Waals surface area contributed by atoms with Crippen LogP contribution in [0.15, 0.2) is 0 Å². The molecular formula is C6H8F6O4. The summed E-state index contributed by atoms with van der Waals surface area (Å²) in [5.41, 5.74) is 0. The van der Waals surface area contributed by atoms with E-state index in [2.05, 4.69) is 0 Å². The van der Waals surface area contributed by atoms with Crippen LogP contribution >= 0.6 is 0 Å². The second-order valence-corrected chi connectivity index (χ2v) is 1.61. The number of halogens is 6. The highest BCUT2D eigenvalue weighted by atomic mass is 19.4. The maximum atomic E-state index is 10.6. The molecule has 2 N–H and O–H groups in total. The van der Waals surface area contributed by atoms with E-state index < -0.39 is 24.3 Å². The predicted octanol–water partition coefficient (Wildman–Crippen LogP) is 2.29. The summed E-state index contributed by atoms with van der Waals surface area (Å²) in [6.07, 6.45) is -10.2. The topological polar surface area (TPSA) is 74.6 Å². The molecule has 0 saturated heterocycles. The number of carboxylic acid groups (broad SMARTS) is 2. The lowest BCUT2D eigenvalue weighted by atomic mass is 10.7. The molecule has 0 rings (SSSR count). The molecular weight excluding hydrogens is 250 g/mol. The molecule has 0 aromatic rings. The number of aliphatic carboxylic acids is 2. The van der Waals surface area contributed by atoms with Crippen molar-refractivity contribution in [1.82, 2.24) is 0 Å². The Hall–Kier alpha value is -1.48. The molecule has 4 nitrogen and oxygen atoms in total. The van der Waals surface area contributed by atoms with Crippen LogP contribution in [0.1, 0.15) is 13.8 Å². The highest BCUT2D eigenvalue weighted by molar-refractivity contribution is 5.73. The first-order valence-electron chi connectivity index (χ1n) is 3.49. The van der Waals surface area contributed by atoms with Gasteiger partial charge in [-0.1, -0.05) is 13.8 Å². The van der Waals surface area contributed by atoms with E-state index in [-0.39, 0.29) is 0 Å². The van der Waals surface area contributed by atoms with E-state index in [0.717, 1.165) is 0 Å². The van der Waals surface area contributed by atoms with E-state index in [1.807, 2.05) is 13.8 Å². The predicted molar refractivity (Wildman–Crippen MR) is 38.7 cm³/mol. The van der Waals surface area contributed by atoms with Crippen molar-refractivity contribution in [3.05, 3.63) is 0 Å². The Bertz CT molecular complexity index is 194. The minimum absolute atomic E-state index is 2.00. The average molecular weight is 258 g/mol. The number of carboxylic acids is 2. The fourth-order valence-electron chi connectivity index (χ4n) is 0. The van der Waals surface area contributed by atoms with Crippen molar-refractivity contribution in [3.8, 4) is 0 Å². The fraction of sp³-hybridized carbons (Fsp3) is 0.667. The second-order valence-electron chi connectivity index (χ2n) is 1.61. The van der Waals surface area contributed by atoms with Gasteiger partial charge in [-0.15, -0.1) is 0 Å². The maximum absolute atomic E-state index is 10.6. The van der Waals surface area contributed by atoms with Gasteiger partial charge in [0.2, 0.25) is 0 Å². The summed E-state index contributed by atoms with van der Waals surface area (Å²) in [7, 11) is 0. The molecule has 0 amide bonds. The standard InChI is InChI=1S/2C2HF3O2.C2H6/c2*3-2(4,5)1(6)7;1-2/h2*(H,6,7);1-2H3. The minimum Gasteiger partial charge on any atom is -0.475 e. The van der Waals surface area contributed by atoms with Crippen molar-refractivity contribution in [2.24, 2.45) is 0 Å². The van der Waals surface area contributed by atoms with Gasteiger partial charge >= 0.3 is 24.3 Å². The van der Waals surface area contributed by atoms with Crippen molar-refractivity contribution in [2.45, 2.75) is 26.2 Å². The van der Waals surface area contributed by atoms with Gasteiger partial charge < -0.3 is 10.2 Å². The zero-order valence-corrected chi connectivity index (χ0v) is 7.98. The first-order valence-corrected chi connectivity index (χ1v) is 3.49. The Kier molecular flexibility index (Phi) is 9.71. The molecule has 0 heterocycles. The monoisotopic (exact) mass is 258 g/mol. The van der Waals surface area contributed by atoms with Gasteiger partial charge in [0.15, 0.2) is 0 Å². The maximum Gasteiger partial charge on any atom is 0.490 e. The van der Waals surface area contributed by atoms with Gasteiger partial charge in [0.05, 0.1) is 0 Å². The molecule has 98 valence electrons. The summed E-state index contributed by atoms with van der Waals surface area (Å²) in [5, 5.41) is 14.2. The number of hydrogen-bond donors (Lipinski definition) is 2. The summed E-state index contributed by atoms with van der Waals surface area (Å²) >= 11 is 0. The molecule has 0 unspecified atom stereocenters. The summed E-state index contributed by atoms with van der Waals surface area (Å²) < 4.78 is 63.5. The summed E-state index contributed by atoms with van der Waals surface area (Å²) in [6.45, 7) is 4.00. The molecule has 0 saturated carbocycles. The molecule has 0 aromatic carbocycles. The van der Waals surface area contributed by atoms with E-state index in [1.54, 1.807) is 0 Å². The molecule has 0 radical (unpaired) electrons. The van der Waals surface area contributed by atoms with Crippen LogP contribution < -0.4 is 0 Å². The molecule has 16 heavy (non-hydrogen) atoms. The van der Waals surface area contributed by atoms with E-state index >= 15 is 0 Å². The number of carbonyl (C=O) groups is 2. The van der Waals surface area contributed by atoms with Crippen molar-refractivity contribution >= 4 is 11.9 Å². The van der Waals surface area contributed by atoms with E-state index in [1.165, 1.54) is 0 Å². The first kappa shape index (κ1) is 20.0. The van der Waals surface area contributed by atoms with Crippen LogP contribution in [0.4, 0.5) is 26.3 Å². The summed E-state index contributed by atoms with van der Waals surface area (Å²) in [6, 6.07) is 0. The Morgan fingerprint density at radius 2 is 0.812 bits per heavy atom. The molecule has 0 aromatic heterocycles. The Morgan fingerprint density at radius 1 is 0.750 bits per heavy atom. The zero-order valence-electron chi connectivity index (χ0n) is 7.98. The quantitative estimate of drug-likeness (QED) is 0.654. The van der Waals surface area contributed by atoms with Crippen LogP contribution in [0.5, 0.6) is 0 Å².